The van der Waals surface area contributed by atoms with Crippen LogP contribution in [0.3, 0.4) is 0 Å². The summed E-state index contributed by atoms with van der Waals surface area (Å²) in [5, 5.41) is 0. The summed E-state index contributed by atoms with van der Waals surface area (Å²) in [5.41, 5.74) is 4.66. The van der Waals surface area contributed by atoms with E-state index in [9.17, 15) is 9.59 Å². The number of amides is 1. The van der Waals surface area contributed by atoms with Gasteiger partial charge in [0.25, 0.3) is 0 Å². The van der Waals surface area contributed by atoms with E-state index in [1.807, 2.05) is 31.2 Å². The Balaban J connectivity index is 1.50. The van der Waals surface area contributed by atoms with Crippen molar-refractivity contribution < 1.29 is 23.8 Å². The average Bonchev–Trinajstić information content (AvgIpc) is 3.31. The minimum Gasteiger partial charge on any atom is -0.467 e. The van der Waals surface area contributed by atoms with E-state index >= 15 is 0 Å². The van der Waals surface area contributed by atoms with Crippen molar-refractivity contribution >= 4 is 12.1 Å². The van der Waals surface area contributed by atoms with Crippen LogP contribution in [0.15, 0.2) is 48.5 Å². The molecule has 4 rings (SSSR count). The lowest BCUT2D eigenvalue weighted by Crippen LogP contribution is -2.42. The number of hydrogen-bond donors (Lipinski definition) is 0. The lowest BCUT2D eigenvalue weighted by atomic mass is 9.98. The maximum absolute atomic E-state index is 12.8. The Hall–Kier alpha value is -2.86. The fourth-order valence-corrected chi connectivity index (χ4v) is 4.39. The van der Waals surface area contributed by atoms with Gasteiger partial charge in [-0.05, 0) is 29.2 Å². The van der Waals surface area contributed by atoms with E-state index in [1.54, 1.807) is 0 Å². The van der Waals surface area contributed by atoms with Gasteiger partial charge in [-0.2, -0.15) is 0 Å². The first-order chi connectivity index (χ1) is 14.1. The number of hydrogen-bond acceptors (Lipinski definition) is 5. The van der Waals surface area contributed by atoms with Crippen LogP contribution in [-0.2, 0) is 19.0 Å². The van der Waals surface area contributed by atoms with Gasteiger partial charge in [0.05, 0.1) is 19.8 Å². The Morgan fingerprint density at radius 1 is 1.03 bits per heavy atom. The first kappa shape index (κ1) is 19.5. The molecule has 2 atom stereocenters. The molecule has 2 aromatic carbocycles. The number of nitrogens with zero attached hydrogens (tertiary/aromatic N) is 1. The molecule has 1 saturated heterocycles. The summed E-state index contributed by atoms with van der Waals surface area (Å²) in [7, 11) is 1.33. The molecule has 0 radical (unpaired) electrons. The molecule has 152 valence electrons. The van der Waals surface area contributed by atoms with Crippen LogP contribution >= 0.6 is 0 Å². The van der Waals surface area contributed by atoms with Gasteiger partial charge in [-0.15, -0.1) is 0 Å². The molecule has 2 aliphatic rings. The van der Waals surface area contributed by atoms with Crippen molar-refractivity contribution in [2.75, 3.05) is 26.9 Å². The van der Waals surface area contributed by atoms with Crippen LogP contribution in [-0.4, -0.2) is 56.0 Å². The van der Waals surface area contributed by atoms with Gasteiger partial charge in [-0.1, -0.05) is 48.5 Å². The van der Waals surface area contributed by atoms with Crippen LogP contribution < -0.4 is 0 Å². The van der Waals surface area contributed by atoms with Crippen LogP contribution in [0.2, 0.25) is 0 Å². The SMILES string of the molecule is CCO[C@@H]1C[C@@H](C(=O)OC)N(C(=O)OCC2c3ccccc3-c3ccccc32)C1. The molecule has 1 fully saturated rings. The summed E-state index contributed by atoms with van der Waals surface area (Å²) in [6.07, 6.45) is -0.279. The molecule has 0 N–H and O–H groups in total. The number of methoxy groups -OCH3 is 1. The normalized spacial score (nSPS) is 20.3. The number of carbonyl (C=O) groups is 2. The van der Waals surface area contributed by atoms with Crippen molar-refractivity contribution in [1.82, 2.24) is 4.90 Å². The minimum atomic E-state index is -0.674. The monoisotopic (exact) mass is 395 g/mol. The van der Waals surface area contributed by atoms with Gasteiger partial charge in [0.15, 0.2) is 0 Å². The highest BCUT2D eigenvalue weighted by Gasteiger charge is 2.42. The van der Waals surface area contributed by atoms with Crippen molar-refractivity contribution in [3.63, 3.8) is 0 Å². The van der Waals surface area contributed by atoms with Crippen LogP contribution in [0.4, 0.5) is 4.79 Å². The Labute approximate surface area is 170 Å². The van der Waals surface area contributed by atoms with Crippen molar-refractivity contribution in [2.24, 2.45) is 0 Å². The van der Waals surface area contributed by atoms with Gasteiger partial charge >= 0.3 is 12.1 Å². The fourth-order valence-electron chi connectivity index (χ4n) is 4.39. The largest absolute Gasteiger partial charge is 0.467 e. The molecule has 0 spiro atoms. The van der Waals surface area contributed by atoms with Crippen LogP contribution in [0, 0.1) is 0 Å². The number of ether oxygens (including phenoxy) is 3. The quantitative estimate of drug-likeness (QED) is 0.724. The maximum atomic E-state index is 12.8. The summed E-state index contributed by atoms with van der Waals surface area (Å²) in [6.45, 7) is 2.96. The third-order valence-electron chi connectivity index (χ3n) is 5.71. The molecule has 1 aliphatic heterocycles. The fraction of sp³-hybridized carbons (Fsp3) is 0.391. The second-order valence-corrected chi connectivity index (χ2v) is 7.31. The van der Waals surface area contributed by atoms with Gasteiger partial charge in [0, 0.05) is 18.9 Å². The molecule has 0 unspecified atom stereocenters. The van der Waals surface area contributed by atoms with Crippen molar-refractivity contribution in [3.05, 3.63) is 59.7 Å². The van der Waals surface area contributed by atoms with Crippen LogP contribution in [0.5, 0.6) is 0 Å². The van der Waals surface area contributed by atoms with E-state index in [0.717, 1.165) is 11.1 Å². The van der Waals surface area contributed by atoms with Gasteiger partial charge in [0.1, 0.15) is 12.6 Å². The van der Waals surface area contributed by atoms with Gasteiger partial charge in [-0.25, -0.2) is 9.59 Å². The first-order valence-corrected chi connectivity index (χ1v) is 9.95. The molecular formula is C23H25NO5. The summed E-state index contributed by atoms with van der Waals surface area (Å²) >= 11 is 0. The number of benzene rings is 2. The van der Waals surface area contributed by atoms with Crippen molar-refractivity contribution in [2.45, 2.75) is 31.4 Å². The van der Waals surface area contributed by atoms with E-state index in [-0.39, 0.29) is 18.6 Å². The summed E-state index contributed by atoms with van der Waals surface area (Å²) in [5.74, 6) is -0.464. The summed E-state index contributed by atoms with van der Waals surface area (Å²) < 4.78 is 16.2. The van der Waals surface area contributed by atoms with Crippen molar-refractivity contribution in [3.8, 4) is 11.1 Å². The standard InChI is InChI=1S/C23H25NO5/c1-3-28-15-12-21(22(25)27-2)24(13-15)23(26)29-14-20-18-10-6-4-8-16(18)17-9-5-7-11-19(17)20/h4-11,15,20-21H,3,12-14H2,1-2H3/t15-,21+/m1/s1. The zero-order valence-electron chi connectivity index (χ0n) is 16.7. The summed E-state index contributed by atoms with van der Waals surface area (Å²) in [6, 6.07) is 15.7. The number of fused-ring (bicyclic) bond motifs is 3. The molecule has 1 heterocycles. The zero-order chi connectivity index (χ0) is 20.4. The lowest BCUT2D eigenvalue weighted by molar-refractivity contribution is -0.145. The molecular weight excluding hydrogens is 370 g/mol. The van der Waals surface area contributed by atoms with Crippen molar-refractivity contribution in [1.29, 1.82) is 0 Å². The first-order valence-electron chi connectivity index (χ1n) is 9.95. The summed E-state index contributed by atoms with van der Waals surface area (Å²) in [4.78, 5) is 26.4. The Bertz CT molecular complexity index is 866. The van der Waals surface area contributed by atoms with E-state index in [1.165, 1.54) is 23.1 Å². The Kier molecular flexibility index (Phi) is 5.53. The number of esters is 1. The zero-order valence-corrected chi connectivity index (χ0v) is 16.7. The van der Waals surface area contributed by atoms with Crippen LogP contribution in [0.1, 0.15) is 30.4 Å². The highest BCUT2D eigenvalue weighted by molar-refractivity contribution is 5.82. The molecule has 1 aliphatic carbocycles. The minimum absolute atomic E-state index is 0.0202. The number of carbonyl (C=O) groups excluding carboxylic acids is 2. The van der Waals surface area contributed by atoms with Gasteiger partial charge in [0.2, 0.25) is 0 Å². The molecule has 0 aromatic heterocycles. The number of rotatable bonds is 5. The van der Waals surface area contributed by atoms with E-state index in [4.69, 9.17) is 14.2 Å². The van der Waals surface area contributed by atoms with E-state index in [2.05, 4.69) is 24.3 Å². The Morgan fingerprint density at radius 2 is 1.66 bits per heavy atom. The highest BCUT2D eigenvalue weighted by Crippen LogP contribution is 2.44. The third kappa shape index (κ3) is 3.60. The van der Waals surface area contributed by atoms with Gasteiger partial charge in [-0.3, -0.25) is 4.90 Å². The molecule has 29 heavy (non-hydrogen) atoms. The predicted octanol–water partition coefficient (Wildman–Crippen LogP) is 3.59. The molecule has 0 bridgehead atoms. The Morgan fingerprint density at radius 3 is 2.24 bits per heavy atom. The second kappa shape index (κ2) is 8.25. The predicted molar refractivity (Wildman–Crippen MR) is 108 cm³/mol. The number of likely N-dealkylation sites (tertiary alicyclic amines) is 1. The molecule has 6 heteroatoms. The maximum Gasteiger partial charge on any atom is 0.410 e. The molecule has 6 nitrogen and oxygen atoms in total. The average molecular weight is 395 g/mol. The smallest absolute Gasteiger partial charge is 0.410 e. The van der Waals surface area contributed by atoms with Crippen LogP contribution in [0.25, 0.3) is 11.1 Å². The van der Waals surface area contributed by atoms with Gasteiger partial charge < -0.3 is 14.2 Å². The topological polar surface area (TPSA) is 65.1 Å². The lowest BCUT2D eigenvalue weighted by Gasteiger charge is -2.23. The second-order valence-electron chi connectivity index (χ2n) is 7.31. The highest BCUT2D eigenvalue weighted by atomic mass is 16.6. The molecule has 1 amide bonds. The van der Waals surface area contributed by atoms with E-state index in [0.29, 0.717) is 19.6 Å². The van der Waals surface area contributed by atoms with E-state index < -0.39 is 18.1 Å². The molecule has 0 saturated carbocycles. The molecule has 2 aromatic rings. The third-order valence-corrected chi connectivity index (χ3v) is 5.71.